The Morgan fingerprint density at radius 3 is 2.12 bits per heavy atom. The summed E-state index contributed by atoms with van der Waals surface area (Å²) in [6.07, 6.45) is 5.91. The van der Waals surface area contributed by atoms with Gasteiger partial charge >= 0.3 is 0 Å². The Morgan fingerprint density at radius 2 is 1.88 bits per heavy atom. The van der Waals surface area contributed by atoms with Crippen molar-refractivity contribution in [3.63, 3.8) is 0 Å². The number of hydrogen-bond donors (Lipinski definition) is 0. The fourth-order valence-electron chi connectivity index (χ4n) is 1.41. The van der Waals surface area contributed by atoms with E-state index in [0.717, 1.165) is 19.3 Å². The first-order valence-electron chi connectivity index (χ1n) is 3.52. The van der Waals surface area contributed by atoms with Crippen LogP contribution < -0.4 is 5.73 Å². The van der Waals surface area contributed by atoms with E-state index in [0.29, 0.717) is 0 Å². The standard InChI is InChI=1S/C7H14N/c1-2-7(8)5-3-4-6-7/h8H,2-6H2,1H3. The highest BCUT2D eigenvalue weighted by atomic mass is 14.7. The highest BCUT2D eigenvalue weighted by molar-refractivity contribution is 4.86. The second kappa shape index (κ2) is 2.06. The summed E-state index contributed by atoms with van der Waals surface area (Å²) < 4.78 is 0. The highest BCUT2D eigenvalue weighted by Crippen LogP contribution is 2.30. The van der Waals surface area contributed by atoms with Crippen LogP contribution in [-0.2, 0) is 0 Å². The highest BCUT2D eigenvalue weighted by Gasteiger charge is 2.27. The Balaban J connectivity index is 2.40. The minimum Gasteiger partial charge on any atom is -0.251 e. The summed E-state index contributed by atoms with van der Waals surface area (Å²) in [5.41, 5.74) is 7.72. The molecule has 1 N–H and O–H groups in total. The van der Waals surface area contributed by atoms with Gasteiger partial charge in [0.1, 0.15) is 0 Å². The zero-order valence-electron chi connectivity index (χ0n) is 5.54. The van der Waals surface area contributed by atoms with Crippen LogP contribution in [0.25, 0.3) is 0 Å². The Labute approximate surface area is 51.3 Å². The van der Waals surface area contributed by atoms with Crippen molar-refractivity contribution in [1.82, 2.24) is 5.73 Å². The molecule has 0 aromatic heterocycles. The van der Waals surface area contributed by atoms with E-state index in [4.69, 9.17) is 5.73 Å². The van der Waals surface area contributed by atoms with Crippen molar-refractivity contribution in [2.45, 2.75) is 44.6 Å². The van der Waals surface area contributed by atoms with Crippen molar-refractivity contribution in [3.05, 3.63) is 0 Å². The van der Waals surface area contributed by atoms with Crippen molar-refractivity contribution >= 4 is 0 Å². The van der Waals surface area contributed by atoms with Crippen LogP contribution >= 0.6 is 0 Å². The van der Waals surface area contributed by atoms with Gasteiger partial charge in [-0.15, -0.1) is 0 Å². The molecule has 1 saturated carbocycles. The van der Waals surface area contributed by atoms with Gasteiger partial charge in [0.25, 0.3) is 0 Å². The van der Waals surface area contributed by atoms with Crippen LogP contribution in [0.1, 0.15) is 39.0 Å². The lowest BCUT2D eigenvalue weighted by molar-refractivity contribution is 0.408. The molecule has 1 aliphatic rings. The van der Waals surface area contributed by atoms with Gasteiger partial charge in [0.2, 0.25) is 0 Å². The molecule has 47 valence electrons. The van der Waals surface area contributed by atoms with Gasteiger partial charge in [-0.3, -0.25) is 5.73 Å². The summed E-state index contributed by atoms with van der Waals surface area (Å²) in [5, 5.41) is 0. The molecule has 1 fully saturated rings. The van der Waals surface area contributed by atoms with Gasteiger partial charge in [0.05, 0.1) is 0 Å². The van der Waals surface area contributed by atoms with Crippen molar-refractivity contribution in [2.24, 2.45) is 0 Å². The largest absolute Gasteiger partial charge is 0.251 e. The molecule has 0 aromatic carbocycles. The normalized spacial score (nSPS) is 26.2. The molecule has 0 aliphatic heterocycles. The molecular weight excluding hydrogens is 98.1 g/mol. The zero-order chi connectivity index (χ0) is 6.04. The summed E-state index contributed by atoms with van der Waals surface area (Å²) in [5.74, 6) is 0. The Hall–Kier alpha value is -0.0400. The molecule has 1 radical (unpaired) electrons. The molecule has 0 saturated heterocycles. The van der Waals surface area contributed by atoms with Crippen LogP contribution in [0.2, 0.25) is 0 Å². The maximum Gasteiger partial charge on any atom is 0.0321 e. The van der Waals surface area contributed by atoms with Crippen LogP contribution in [0.5, 0.6) is 0 Å². The topological polar surface area (TPSA) is 23.8 Å². The summed E-state index contributed by atoms with van der Waals surface area (Å²) in [4.78, 5) is 0. The van der Waals surface area contributed by atoms with Crippen molar-refractivity contribution in [1.29, 1.82) is 0 Å². The Bertz CT molecular complexity index is 72.5. The van der Waals surface area contributed by atoms with Gasteiger partial charge in [-0.05, 0) is 19.3 Å². The summed E-state index contributed by atoms with van der Waals surface area (Å²) >= 11 is 0. The molecule has 0 spiro atoms. The zero-order valence-corrected chi connectivity index (χ0v) is 5.54. The number of nitrogens with one attached hydrogen (secondary N) is 1. The summed E-state index contributed by atoms with van der Waals surface area (Å²) in [7, 11) is 0. The second-order valence-corrected chi connectivity index (χ2v) is 2.84. The van der Waals surface area contributed by atoms with Crippen LogP contribution in [0.4, 0.5) is 0 Å². The third-order valence-corrected chi connectivity index (χ3v) is 2.24. The molecule has 0 aromatic rings. The lowest BCUT2D eigenvalue weighted by Gasteiger charge is -2.18. The van der Waals surface area contributed by atoms with Gasteiger partial charge in [-0.1, -0.05) is 19.8 Å². The maximum atomic E-state index is 7.73. The molecule has 0 amide bonds. The average molecular weight is 112 g/mol. The van der Waals surface area contributed by atoms with E-state index < -0.39 is 0 Å². The molecule has 0 unspecified atom stereocenters. The SMILES string of the molecule is CCC1([NH])CCCC1. The fourth-order valence-corrected chi connectivity index (χ4v) is 1.41. The van der Waals surface area contributed by atoms with Gasteiger partial charge in [0.15, 0.2) is 0 Å². The third-order valence-electron chi connectivity index (χ3n) is 2.24. The van der Waals surface area contributed by atoms with E-state index in [2.05, 4.69) is 6.92 Å². The van der Waals surface area contributed by atoms with E-state index in [1.807, 2.05) is 0 Å². The van der Waals surface area contributed by atoms with Crippen molar-refractivity contribution in [3.8, 4) is 0 Å². The molecule has 1 heteroatoms. The molecule has 8 heavy (non-hydrogen) atoms. The molecule has 0 bridgehead atoms. The first-order chi connectivity index (χ1) is 3.77. The van der Waals surface area contributed by atoms with Crippen LogP contribution in [0.15, 0.2) is 0 Å². The summed E-state index contributed by atoms with van der Waals surface area (Å²) in [6.45, 7) is 2.12. The van der Waals surface area contributed by atoms with Crippen LogP contribution in [0.3, 0.4) is 0 Å². The predicted molar refractivity (Wildman–Crippen MR) is 34.6 cm³/mol. The van der Waals surface area contributed by atoms with Crippen molar-refractivity contribution < 1.29 is 0 Å². The Kier molecular flexibility index (Phi) is 1.57. The molecule has 1 nitrogen and oxygen atoms in total. The third kappa shape index (κ3) is 1.03. The first kappa shape index (κ1) is 6.09. The van der Waals surface area contributed by atoms with Crippen LogP contribution in [0, 0.1) is 0 Å². The second-order valence-electron chi connectivity index (χ2n) is 2.84. The molecule has 1 rings (SSSR count). The van der Waals surface area contributed by atoms with E-state index in [1.54, 1.807) is 0 Å². The fraction of sp³-hybridized carbons (Fsp3) is 1.00. The van der Waals surface area contributed by atoms with E-state index >= 15 is 0 Å². The lowest BCUT2D eigenvalue weighted by atomic mass is 9.96. The van der Waals surface area contributed by atoms with Gasteiger partial charge < -0.3 is 0 Å². The maximum absolute atomic E-state index is 7.73. The monoisotopic (exact) mass is 112 g/mol. The predicted octanol–water partition coefficient (Wildman–Crippen LogP) is 1.99. The van der Waals surface area contributed by atoms with Gasteiger partial charge in [-0.2, -0.15) is 0 Å². The lowest BCUT2D eigenvalue weighted by Crippen LogP contribution is -2.24. The van der Waals surface area contributed by atoms with E-state index in [-0.39, 0.29) is 5.54 Å². The van der Waals surface area contributed by atoms with E-state index in [9.17, 15) is 0 Å². The molecular formula is C7H14N. The minimum atomic E-state index is -0.0139. The average Bonchev–Trinajstić information content (AvgIpc) is 2.17. The minimum absolute atomic E-state index is 0.0139. The Morgan fingerprint density at radius 1 is 1.38 bits per heavy atom. The van der Waals surface area contributed by atoms with Gasteiger partial charge in [-0.25, -0.2) is 0 Å². The number of rotatable bonds is 1. The quantitative estimate of drug-likeness (QED) is 0.495. The summed E-state index contributed by atoms with van der Waals surface area (Å²) in [6, 6.07) is 0. The van der Waals surface area contributed by atoms with Gasteiger partial charge in [0, 0.05) is 5.54 Å². The van der Waals surface area contributed by atoms with Crippen LogP contribution in [-0.4, -0.2) is 5.54 Å². The number of hydrogen-bond acceptors (Lipinski definition) is 0. The van der Waals surface area contributed by atoms with E-state index in [1.165, 1.54) is 12.8 Å². The van der Waals surface area contributed by atoms with Crippen molar-refractivity contribution in [2.75, 3.05) is 0 Å². The molecule has 0 heterocycles. The molecule has 0 atom stereocenters. The first-order valence-corrected chi connectivity index (χ1v) is 3.52. The smallest absolute Gasteiger partial charge is 0.0321 e. The molecule has 1 aliphatic carbocycles.